The molecule has 0 saturated carbocycles. The van der Waals surface area contributed by atoms with E-state index in [1.165, 1.54) is 38.3 Å². The van der Waals surface area contributed by atoms with E-state index in [1.54, 1.807) is 0 Å². The van der Waals surface area contributed by atoms with Crippen molar-refractivity contribution in [2.45, 2.75) is 56.9 Å². The lowest BCUT2D eigenvalue weighted by Gasteiger charge is -2.24. The van der Waals surface area contributed by atoms with Gasteiger partial charge in [0.15, 0.2) is 0 Å². The molecule has 0 aliphatic carbocycles. The Bertz CT molecular complexity index is 808. The number of ether oxygens (including phenoxy) is 3. The molecule has 29 heavy (non-hydrogen) atoms. The lowest BCUT2D eigenvalue weighted by Crippen LogP contribution is -2.52. The van der Waals surface area contributed by atoms with Gasteiger partial charge < -0.3 is 19.5 Å². The first-order valence-electron chi connectivity index (χ1n) is 9.38. The van der Waals surface area contributed by atoms with E-state index in [0.29, 0.717) is 25.2 Å². The van der Waals surface area contributed by atoms with Crippen LogP contribution >= 0.6 is 0 Å². The number of nitrogens with one attached hydrogen (secondary N) is 2. The predicted molar refractivity (Wildman–Crippen MR) is 105 cm³/mol. The monoisotopic (exact) mass is 428 g/mol. The zero-order valence-corrected chi connectivity index (χ0v) is 17.8. The van der Waals surface area contributed by atoms with Crippen LogP contribution in [0.2, 0.25) is 0 Å². The van der Waals surface area contributed by atoms with Gasteiger partial charge in [-0.25, -0.2) is 8.42 Å². The summed E-state index contributed by atoms with van der Waals surface area (Å²) >= 11 is 0. The molecule has 9 nitrogen and oxygen atoms in total. The molecule has 1 heterocycles. The number of amides is 1. The lowest BCUT2D eigenvalue weighted by molar-refractivity contribution is -0.170. The second-order valence-electron chi connectivity index (χ2n) is 7.23. The predicted octanol–water partition coefficient (Wildman–Crippen LogP) is 1.18. The van der Waals surface area contributed by atoms with E-state index < -0.39 is 40.3 Å². The van der Waals surface area contributed by atoms with Crippen LogP contribution in [0.3, 0.4) is 0 Å². The Hall–Kier alpha value is -2.17. The molecule has 0 unspecified atom stereocenters. The van der Waals surface area contributed by atoms with E-state index in [-0.39, 0.29) is 10.8 Å². The summed E-state index contributed by atoms with van der Waals surface area (Å²) in [6.07, 6.45) is -0.120. The van der Waals surface area contributed by atoms with Crippen LogP contribution in [-0.4, -0.2) is 52.4 Å². The van der Waals surface area contributed by atoms with Crippen LogP contribution < -0.4 is 14.8 Å². The number of hydrogen-bond acceptors (Lipinski definition) is 7. The van der Waals surface area contributed by atoms with Crippen LogP contribution in [0.4, 0.5) is 0 Å². The van der Waals surface area contributed by atoms with Gasteiger partial charge in [-0.1, -0.05) is 13.8 Å². The van der Waals surface area contributed by atoms with Crippen molar-refractivity contribution in [3.05, 3.63) is 24.3 Å². The van der Waals surface area contributed by atoms with Crippen molar-refractivity contribution < 1.29 is 32.2 Å². The van der Waals surface area contributed by atoms with Crippen molar-refractivity contribution in [1.82, 2.24) is 10.0 Å². The van der Waals surface area contributed by atoms with Crippen LogP contribution in [0.1, 0.15) is 33.6 Å². The van der Waals surface area contributed by atoms with Crippen molar-refractivity contribution in [2.24, 2.45) is 5.92 Å². The Morgan fingerprint density at radius 3 is 2.45 bits per heavy atom. The summed E-state index contributed by atoms with van der Waals surface area (Å²) in [6.45, 7) is 5.37. The van der Waals surface area contributed by atoms with E-state index in [9.17, 15) is 18.0 Å². The zero-order chi connectivity index (χ0) is 21.6. The lowest BCUT2D eigenvalue weighted by atomic mass is 10.0. The van der Waals surface area contributed by atoms with Crippen molar-refractivity contribution in [1.29, 1.82) is 0 Å². The maximum atomic E-state index is 12.8. The maximum Gasteiger partial charge on any atom is 0.305 e. The van der Waals surface area contributed by atoms with Crippen molar-refractivity contribution in [2.75, 3.05) is 13.7 Å². The second kappa shape index (κ2) is 10.0. The van der Waals surface area contributed by atoms with Gasteiger partial charge in [0.25, 0.3) is 0 Å². The van der Waals surface area contributed by atoms with Crippen LogP contribution in [-0.2, 0) is 29.1 Å². The van der Waals surface area contributed by atoms with Gasteiger partial charge in [-0.3, -0.25) is 9.59 Å². The number of carbonyl (C=O) groups is 2. The molecular weight excluding hydrogens is 400 g/mol. The van der Waals surface area contributed by atoms with Gasteiger partial charge in [0.2, 0.25) is 22.2 Å². The number of esters is 1. The molecule has 1 saturated heterocycles. The Morgan fingerprint density at radius 1 is 1.24 bits per heavy atom. The molecule has 1 fully saturated rings. The highest BCUT2D eigenvalue weighted by atomic mass is 32.2. The smallest absolute Gasteiger partial charge is 0.305 e. The fourth-order valence-corrected chi connectivity index (χ4v) is 4.17. The first-order chi connectivity index (χ1) is 13.6. The average molecular weight is 429 g/mol. The molecule has 0 radical (unpaired) electrons. The van der Waals surface area contributed by atoms with Gasteiger partial charge in [-0.05, 0) is 43.0 Å². The third-order valence-electron chi connectivity index (χ3n) is 4.34. The van der Waals surface area contributed by atoms with E-state index in [0.717, 1.165) is 0 Å². The number of hydrogen-bond donors (Lipinski definition) is 2. The number of sulfonamides is 1. The molecule has 2 rings (SSSR count). The van der Waals surface area contributed by atoms with Crippen LogP contribution in [0.25, 0.3) is 0 Å². The summed E-state index contributed by atoms with van der Waals surface area (Å²) in [7, 11) is -2.44. The molecule has 0 spiro atoms. The Labute approximate surface area is 171 Å². The molecule has 162 valence electrons. The highest BCUT2D eigenvalue weighted by Gasteiger charge is 2.35. The molecule has 3 atom stereocenters. The van der Waals surface area contributed by atoms with Gasteiger partial charge in [0.1, 0.15) is 11.8 Å². The van der Waals surface area contributed by atoms with E-state index in [4.69, 9.17) is 14.2 Å². The van der Waals surface area contributed by atoms with Crippen LogP contribution in [0, 0.1) is 5.92 Å². The summed E-state index contributed by atoms with van der Waals surface area (Å²) in [5, 5.41) is 2.74. The highest BCUT2D eigenvalue weighted by Crippen LogP contribution is 2.18. The molecule has 10 heteroatoms. The topological polar surface area (TPSA) is 120 Å². The minimum atomic E-state index is -3.92. The summed E-state index contributed by atoms with van der Waals surface area (Å²) in [5.41, 5.74) is 0. The molecule has 1 aliphatic heterocycles. The number of benzene rings is 1. The highest BCUT2D eigenvalue weighted by molar-refractivity contribution is 7.89. The standard InChI is InChI=1S/C19H28N2O7S/c1-12(2)11-17(18(23)20-16-9-10-27-19(16)28-13(3)22)21-29(24,25)15-7-5-14(26-4)6-8-15/h5-8,12,16-17,19,21H,9-11H2,1-4H3,(H,20,23)/t16-,17-,19-/m0/s1. The second-order valence-corrected chi connectivity index (χ2v) is 8.95. The van der Waals surface area contributed by atoms with Crippen LogP contribution in [0.15, 0.2) is 29.2 Å². The number of methoxy groups -OCH3 is 1. The minimum absolute atomic E-state index is 0.0295. The Balaban J connectivity index is 2.13. The van der Waals surface area contributed by atoms with Crippen molar-refractivity contribution in [3.8, 4) is 5.75 Å². The largest absolute Gasteiger partial charge is 0.497 e. The SMILES string of the molecule is COc1ccc(S(=O)(=O)N[C@@H](CC(C)C)C(=O)N[C@H]2CCO[C@H]2OC(C)=O)cc1. The van der Waals surface area contributed by atoms with Crippen LogP contribution in [0.5, 0.6) is 5.75 Å². The van der Waals surface area contributed by atoms with E-state index in [2.05, 4.69) is 10.0 Å². The number of carbonyl (C=O) groups excluding carboxylic acids is 2. The first kappa shape index (κ1) is 23.1. The third kappa shape index (κ3) is 6.69. The van der Waals surface area contributed by atoms with Crippen molar-refractivity contribution >= 4 is 21.9 Å². The molecule has 1 aromatic rings. The van der Waals surface area contributed by atoms with E-state index >= 15 is 0 Å². The molecule has 1 amide bonds. The summed E-state index contributed by atoms with van der Waals surface area (Å²) in [5.74, 6) is -0.426. The van der Waals surface area contributed by atoms with Gasteiger partial charge >= 0.3 is 5.97 Å². The molecule has 2 N–H and O–H groups in total. The normalized spacial score (nSPS) is 20.3. The molecule has 0 aromatic heterocycles. The quantitative estimate of drug-likeness (QED) is 0.567. The maximum absolute atomic E-state index is 12.8. The van der Waals surface area contributed by atoms with Gasteiger partial charge in [0.05, 0.1) is 24.7 Å². The molecule has 0 bridgehead atoms. The fourth-order valence-electron chi connectivity index (χ4n) is 2.96. The van der Waals surface area contributed by atoms with Gasteiger partial charge in [0, 0.05) is 6.92 Å². The Kier molecular flexibility index (Phi) is 8.00. The average Bonchev–Trinajstić information content (AvgIpc) is 3.06. The molecule has 1 aromatic carbocycles. The molecular formula is C19H28N2O7S. The van der Waals surface area contributed by atoms with Gasteiger partial charge in [-0.2, -0.15) is 4.72 Å². The van der Waals surface area contributed by atoms with Crippen molar-refractivity contribution in [3.63, 3.8) is 0 Å². The summed E-state index contributed by atoms with van der Waals surface area (Å²) in [4.78, 5) is 24.0. The fraction of sp³-hybridized carbons (Fsp3) is 0.579. The van der Waals surface area contributed by atoms with Gasteiger partial charge in [-0.15, -0.1) is 0 Å². The number of rotatable bonds is 9. The summed E-state index contributed by atoms with van der Waals surface area (Å²) < 4.78 is 43.4. The first-order valence-corrected chi connectivity index (χ1v) is 10.9. The third-order valence-corrected chi connectivity index (χ3v) is 5.83. The minimum Gasteiger partial charge on any atom is -0.497 e. The molecule has 1 aliphatic rings. The Morgan fingerprint density at radius 2 is 1.90 bits per heavy atom. The van der Waals surface area contributed by atoms with E-state index in [1.807, 2.05) is 13.8 Å². The summed E-state index contributed by atoms with van der Waals surface area (Å²) in [6, 6.07) is 4.37. The zero-order valence-electron chi connectivity index (χ0n) is 17.0.